The van der Waals surface area contributed by atoms with E-state index in [2.05, 4.69) is 35.7 Å². The van der Waals surface area contributed by atoms with Crippen molar-refractivity contribution in [2.75, 3.05) is 28.7 Å². The van der Waals surface area contributed by atoms with Gasteiger partial charge in [-0.25, -0.2) is 14.8 Å². The molecule has 8 N–H and O–H groups in total. The van der Waals surface area contributed by atoms with Gasteiger partial charge in [-0.2, -0.15) is 23.1 Å². The van der Waals surface area contributed by atoms with Crippen LogP contribution in [0.1, 0.15) is 50.6 Å². The molecule has 52 heavy (non-hydrogen) atoms. The number of hydrogen-bond acceptors (Lipinski definition) is 13. The van der Waals surface area contributed by atoms with Crippen molar-refractivity contribution in [2.45, 2.75) is 38.5 Å². The second-order valence-corrected chi connectivity index (χ2v) is 11.0. The molecule has 2 amide bonds. The maximum atomic E-state index is 12.4. The number of benzene rings is 2. The number of amides is 2. The van der Waals surface area contributed by atoms with Crippen LogP contribution in [0.2, 0.25) is 0 Å². The number of anilines is 4. The molecule has 0 aliphatic rings. The van der Waals surface area contributed by atoms with E-state index in [0.29, 0.717) is 29.2 Å². The first kappa shape index (κ1) is 38.0. The number of hydrogen-bond donors (Lipinski definition) is 6. The van der Waals surface area contributed by atoms with Crippen LogP contribution in [0.3, 0.4) is 0 Å². The van der Waals surface area contributed by atoms with Crippen molar-refractivity contribution in [2.24, 2.45) is 0 Å². The Bertz CT molecular complexity index is 2070. The number of carboxylic acid groups (broad SMARTS) is 2. The lowest BCUT2D eigenvalue weighted by Gasteiger charge is -2.19. The van der Waals surface area contributed by atoms with E-state index in [0.717, 1.165) is 17.8 Å². The lowest BCUT2D eigenvalue weighted by Crippen LogP contribution is -2.41. The Morgan fingerprint density at radius 1 is 0.942 bits per heavy atom. The topological polar surface area (TPSA) is 266 Å². The third-order valence-corrected chi connectivity index (χ3v) is 7.19. The molecule has 3 aromatic heterocycles. The van der Waals surface area contributed by atoms with E-state index in [1.807, 2.05) is 11.9 Å². The van der Waals surface area contributed by atoms with Crippen molar-refractivity contribution in [3.63, 3.8) is 0 Å². The summed E-state index contributed by atoms with van der Waals surface area (Å²) in [5.41, 5.74) is 13.4. The van der Waals surface area contributed by atoms with Crippen LogP contribution in [0.15, 0.2) is 65.4 Å². The van der Waals surface area contributed by atoms with E-state index in [1.165, 1.54) is 30.5 Å². The summed E-state index contributed by atoms with van der Waals surface area (Å²) >= 11 is 0. The molecule has 0 fully saturated rings. The van der Waals surface area contributed by atoms with Crippen molar-refractivity contribution in [3.8, 4) is 0 Å². The molecule has 17 nitrogen and oxygen atoms in total. The van der Waals surface area contributed by atoms with Crippen LogP contribution in [0.4, 0.5) is 36.3 Å². The second kappa shape index (κ2) is 16.2. The number of rotatable bonds is 11. The molecule has 0 saturated carbocycles. The zero-order valence-corrected chi connectivity index (χ0v) is 27.4. The molecule has 1 atom stereocenters. The number of nitrogen functional groups attached to an aromatic ring is 2. The number of alkyl halides is 3. The largest absolute Gasteiger partial charge is 0.481 e. The van der Waals surface area contributed by atoms with Crippen LogP contribution in [0.25, 0.3) is 11.2 Å². The van der Waals surface area contributed by atoms with E-state index < -0.39 is 41.5 Å². The summed E-state index contributed by atoms with van der Waals surface area (Å²) in [6.07, 6.45) is -2.19. The number of nitrogens with one attached hydrogen (secondary N) is 2. The van der Waals surface area contributed by atoms with Crippen LogP contribution < -0.4 is 27.0 Å². The van der Waals surface area contributed by atoms with Crippen LogP contribution in [-0.4, -0.2) is 72.1 Å². The van der Waals surface area contributed by atoms with E-state index in [-0.39, 0.29) is 41.4 Å². The first-order valence-electron chi connectivity index (χ1n) is 15.0. The van der Waals surface area contributed by atoms with E-state index in [9.17, 15) is 37.5 Å². The van der Waals surface area contributed by atoms with Gasteiger partial charge in [-0.05, 0) is 61.9 Å². The van der Waals surface area contributed by atoms with E-state index in [1.54, 1.807) is 25.3 Å². The Labute approximate surface area is 291 Å². The fraction of sp³-hybridized carbons (Fsp3) is 0.219. The monoisotopic (exact) mass is 724 g/mol. The van der Waals surface area contributed by atoms with Gasteiger partial charge in [0.15, 0.2) is 17.0 Å². The fourth-order valence-electron chi connectivity index (χ4n) is 4.48. The van der Waals surface area contributed by atoms with Crippen molar-refractivity contribution in [1.82, 2.24) is 30.4 Å². The highest BCUT2D eigenvalue weighted by molar-refractivity contribution is 6.04. The number of aliphatic carboxylic acids is 2. The minimum absolute atomic E-state index is 0.0138. The maximum absolute atomic E-state index is 12.4. The van der Waals surface area contributed by atoms with Crippen molar-refractivity contribution < 1.29 is 47.1 Å². The van der Waals surface area contributed by atoms with Crippen LogP contribution in [0.5, 0.6) is 0 Å². The zero-order chi connectivity index (χ0) is 38.2. The molecule has 0 saturated heterocycles. The molecule has 0 radical (unpaired) electrons. The summed E-state index contributed by atoms with van der Waals surface area (Å²) in [6.45, 7) is 1.93. The molecular formula is C32H31F3N10O7. The molecular weight excluding hydrogens is 693 g/mol. The third-order valence-electron chi connectivity index (χ3n) is 7.19. The molecule has 0 aliphatic carbocycles. The number of nitrogens with zero attached hydrogens (tertiary/aromatic N) is 6. The van der Waals surface area contributed by atoms with Gasteiger partial charge in [0.05, 0.1) is 30.2 Å². The minimum Gasteiger partial charge on any atom is -0.481 e. The van der Waals surface area contributed by atoms with E-state index in [4.69, 9.17) is 21.1 Å². The molecule has 3 heterocycles. The SMILES string of the molecule is CN(Cc1cnc2nc(N)nc(N)c2n1)c1ccc(C(=O)NC(CCC(=O)O)C(=O)O)cc1.Cc1oncc1C(=O)Nc1ccc(C(F)(F)F)cc1. The van der Waals surface area contributed by atoms with Crippen LogP contribution in [0, 0.1) is 6.92 Å². The Morgan fingerprint density at radius 3 is 2.19 bits per heavy atom. The average molecular weight is 725 g/mol. The highest BCUT2D eigenvalue weighted by atomic mass is 19.4. The van der Waals surface area contributed by atoms with Gasteiger partial charge in [-0.3, -0.25) is 14.4 Å². The minimum atomic E-state index is -4.40. The predicted octanol–water partition coefficient (Wildman–Crippen LogP) is 3.52. The summed E-state index contributed by atoms with van der Waals surface area (Å²) in [7, 11) is 1.82. The van der Waals surface area contributed by atoms with Gasteiger partial charge in [-0.15, -0.1) is 0 Å². The van der Waals surface area contributed by atoms with Crippen molar-refractivity contribution in [3.05, 3.63) is 89.1 Å². The van der Waals surface area contributed by atoms with Gasteiger partial charge < -0.3 is 41.7 Å². The molecule has 0 spiro atoms. The number of fused-ring (bicyclic) bond motifs is 1. The molecule has 2 aromatic carbocycles. The zero-order valence-electron chi connectivity index (χ0n) is 27.4. The molecule has 0 aliphatic heterocycles. The molecule has 272 valence electrons. The summed E-state index contributed by atoms with van der Waals surface area (Å²) in [4.78, 5) is 64.4. The lowest BCUT2D eigenvalue weighted by molar-refractivity contribution is -0.141. The Morgan fingerprint density at radius 2 is 1.62 bits per heavy atom. The molecule has 5 rings (SSSR count). The second-order valence-electron chi connectivity index (χ2n) is 11.0. The number of carboxylic acids is 2. The highest BCUT2D eigenvalue weighted by Crippen LogP contribution is 2.30. The van der Waals surface area contributed by atoms with Gasteiger partial charge in [0, 0.05) is 30.4 Å². The number of halogens is 3. The number of carbonyl (C=O) groups is 4. The van der Waals surface area contributed by atoms with E-state index >= 15 is 0 Å². The molecule has 20 heteroatoms. The van der Waals surface area contributed by atoms with Crippen LogP contribution >= 0.6 is 0 Å². The number of aromatic nitrogens is 5. The molecule has 5 aromatic rings. The Hall–Kier alpha value is -6.86. The average Bonchev–Trinajstić information content (AvgIpc) is 3.52. The maximum Gasteiger partial charge on any atom is 0.416 e. The Kier molecular flexibility index (Phi) is 11.8. The lowest BCUT2D eigenvalue weighted by atomic mass is 10.1. The van der Waals surface area contributed by atoms with Gasteiger partial charge in [0.2, 0.25) is 5.95 Å². The number of aryl methyl sites for hydroxylation is 1. The van der Waals surface area contributed by atoms with Crippen LogP contribution in [-0.2, 0) is 22.3 Å². The van der Waals surface area contributed by atoms with Crippen molar-refractivity contribution in [1.29, 1.82) is 0 Å². The number of nitrogens with two attached hydrogens (primary N) is 2. The van der Waals surface area contributed by atoms with Crippen molar-refractivity contribution >= 4 is 58.1 Å². The first-order chi connectivity index (χ1) is 24.5. The first-order valence-corrected chi connectivity index (χ1v) is 15.0. The van der Waals surface area contributed by atoms with Gasteiger partial charge in [-0.1, -0.05) is 5.16 Å². The summed E-state index contributed by atoms with van der Waals surface area (Å²) in [5, 5.41) is 26.2. The smallest absolute Gasteiger partial charge is 0.416 e. The van der Waals surface area contributed by atoms with Gasteiger partial charge >= 0.3 is 18.1 Å². The highest BCUT2D eigenvalue weighted by Gasteiger charge is 2.30. The molecule has 0 bridgehead atoms. The van der Waals surface area contributed by atoms with Gasteiger partial charge in [0.1, 0.15) is 17.4 Å². The number of carbonyl (C=O) groups excluding carboxylic acids is 2. The molecule has 1 unspecified atom stereocenters. The quantitative estimate of drug-likeness (QED) is 0.114. The predicted molar refractivity (Wildman–Crippen MR) is 179 cm³/mol. The fourth-order valence-corrected chi connectivity index (χ4v) is 4.48. The third kappa shape index (κ3) is 10.1. The van der Waals surface area contributed by atoms with Gasteiger partial charge in [0.25, 0.3) is 11.8 Å². The standard InChI is InChI=1S/C20H22N8O5.C12H9F3N2O2/c1-28(9-11-8-23-17-15(24-11)16(21)26-20(22)27-17)12-4-2-10(3-5-12)18(31)25-13(19(32)33)6-7-14(29)30;1-7-10(6-16-19-7)11(18)17-9-4-2-8(3-5-9)12(13,14)15/h2-5,8,13H,6-7,9H2,1H3,(H,25,31)(H,29,30)(H,32,33)(H4,21,22,23,26,27);2-6H,1H3,(H,17,18). The summed E-state index contributed by atoms with van der Waals surface area (Å²) in [6, 6.07) is 9.33. The Balaban J connectivity index is 0.000000269. The summed E-state index contributed by atoms with van der Waals surface area (Å²) < 4.78 is 41.8. The summed E-state index contributed by atoms with van der Waals surface area (Å²) in [5.74, 6) is -3.06. The normalized spacial score (nSPS) is 11.6.